The molecule has 1 fully saturated rings. The van der Waals surface area contributed by atoms with Gasteiger partial charge in [0.2, 0.25) is 0 Å². The van der Waals surface area contributed by atoms with E-state index in [4.69, 9.17) is 4.98 Å². The van der Waals surface area contributed by atoms with E-state index >= 15 is 0 Å². The van der Waals surface area contributed by atoms with Gasteiger partial charge in [0.05, 0.1) is 17.6 Å². The van der Waals surface area contributed by atoms with Crippen molar-refractivity contribution in [1.29, 1.82) is 0 Å². The lowest BCUT2D eigenvalue weighted by molar-refractivity contribution is 0.293. The van der Waals surface area contributed by atoms with Crippen LogP contribution in [0.2, 0.25) is 0 Å². The summed E-state index contributed by atoms with van der Waals surface area (Å²) in [5.41, 5.74) is 2.25. The third-order valence-electron chi connectivity index (χ3n) is 5.04. The summed E-state index contributed by atoms with van der Waals surface area (Å²) >= 11 is 0. The average molecular weight is 336 g/mol. The number of nitrogens with zero attached hydrogens (tertiary/aromatic N) is 6. The number of imidazole rings is 1. The van der Waals surface area contributed by atoms with Crippen molar-refractivity contribution in [3.05, 3.63) is 48.4 Å². The molecule has 1 saturated heterocycles. The Balaban J connectivity index is 1.46. The van der Waals surface area contributed by atoms with Crippen molar-refractivity contribution in [3.63, 3.8) is 0 Å². The second-order valence-corrected chi connectivity index (χ2v) is 6.84. The highest BCUT2D eigenvalue weighted by Crippen LogP contribution is 2.24. The standard InChI is InChI=1S/C19H24N6/c1-23(14-19-21-16-8-3-4-9-17(16)24(19)2)13-15-7-6-12-25(15)18-10-5-11-20-22-18/h3-5,8-11,15H,6-7,12-14H2,1-2H3/t15-/m0/s1. The summed E-state index contributed by atoms with van der Waals surface area (Å²) < 4.78 is 2.20. The molecule has 3 heterocycles. The molecule has 0 unspecified atom stereocenters. The molecule has 0 radical (unpaired) electrons. The van der Waals surface area contributed by atoms with E-state index in [9.17, 15) is 0 Å². The predicted molar refractivity (Wildman–Crippen MR) is 99.4 cm³/mol. The Morgan fingerprint density at radius 2 is 2.08 bits per heavy atom. The zero-order valence-corrected chi connectivity index (χ0v) is 14.8. The summed E-state index contributed by atoms with van der Waals surface area (Å²) in [6, 6.07) is 12.8. The third-order valence-corrected chi connectivity index (χ3v) is 5.04. The van der Waals surface area contributed by atoms with Crippen LogP contribution in [0.5, 0.6) is 0 Å². The minimum Gasteiger partial charge on any atom is -0.351 e. The van der Waals surface area contributed by atoms with Crippen LogP contribution in [0, 0.1) is 0 Å². The number of hydrogen-bond acceptors (Lipinski definition) is 5. The molecule has 0 amide bonds. The molecule has 4 rings (SSSR count). The number of aromatic nitrogens is 4. The van der Waals surface area contributed by atoms with Crippen LogP contribution in [0.4, 0.5) is 5.82 Å². The Bertz CT molecular complexity index is 844. The van der Waals surface area contributed by atoms with Crippen LogP contribution in [-0.4, -0.2) is 50.8 Å². The maximum Gasteiger partial charge on any atom is 0.151 e. The van der Waals surface area contributed by atoms with Gasteiger partial charge in [0.1, 0.15) is 5.82 Å². The molecule has 0 N–H and O–H groups in total. The summed E-state index contributed by atoms with van der Waals surface area (Å²) in [6.45, 7) is 2.90. The first-order valence-corrected chi connectivity index (χ1v) is 8.85. The largest absolute Gasteiger partial charge is 0.351 e. The van der Waals surface area contributed by atoms with Gasteiger partial charge in [-0.15, -0.1) is 5.10 Å². The Hall–Kier alpha value is -2.47. The second kappa shape index (κ2) is 6.80. The van der Waals surface area contributed by atoms with Gasteiger partial charge in [0.15, 0.2) is 5.82 Å². The summed E-state index contributed by atoms with van der Waals surface area (Å²) in [4.78, 5) is 9.54. The fourth-order valence-corrected chi connectivity index (χ4v) is 3.78. The lowest BCUT2D eigenvalue weighted by Crippen LogP contribution is -2.39. The molecule has 6 nitrogen and oxygen atoms in total. The number of para-hydroxylation sites is 2. The minimum atomic E-state index is 0.483. The van der Waals surface area contributed by atoms with Crippen molar-refractivity contribution in [2.24, 2.45) is 7.05 Å². The molecule has 0 spiro atoms. The van der Waals surface area contributed by atoms with Crippen LogP contribution in [0.3, 0.4) is 0 Å². The maximum absolute atomic E-state index is 4.79. The number of likely N-dealkylation sites (N-methyl/N-ethyl adjacent to an activating group) is 1. The third kappa shape index (κ3) is 3.22. The van der Waals surface area contributed by atoms with Crippen LogP contribution in [0.1, 0.15) is 18.7 Å². The van der Waals surface area contributed by atoms with Crippen LogP contribution >= 0.6 is 0 Å². The van der Waals surface area contributed by atoms with Crippen molar-refractivity contribution < 1.29 is 0 Å². The predicted octanol–water partition coefficient (Wildman–Crippen LogP) is 2.46. The second-order valence-electron chi connectivity index (χ2n) is 6.84. The Kier molecular flexibility index (Phi) is 4.36. The number of fused-ring (bicyclic) bond motifs is 1. The molecule has 1 aromatic carbocycles. The Labute approximate surface area is 148 Å². The molecule has 3 aromatic rings. The van der Waals surface area contributed by atoms with Crippen LogP contribution < -0.4 is 4.90 Å². The topological polar surface area (TPSA) is 50.1 Å². The fraction of sp³-hybridized carbons (Fsp3) is 0.421. The highest BCUT2D eigenvalue weighted by molar-refractivity contribution is 5.75. The SMILES string of the molecule is CN(Cc1nc2ccccc2n1C)C[C@@H]1CCCN1c1cccnn1. The summed E-state index contributed by atoms with van der Waals surface area (Å²) in [5, 5.41) is 8.31. The number of aryl methyl sites for hydroxylation is 1. The van der Waals surface area contributed by atoms with E-state index in [1.165, 1.54) is 18.4 Å². The van der Waals surface area contributed by atoms with Crippen molar-refractivity contribution in [3.8, 4) is 0 Å². The van der Waals surface area contributed by atoms with Gasteiger partial charge in [0, 0.05) is 32.4 Å². The Morgan fingerprint density at radius 1 is 1.20 bits per heavy atom. The number of rotatable bonds is 5. The molecule has 1 atom stereocenters. The molecule has 1 aliphatic heterocycles. The number of hydrogen-bond donors (Lipinski definition) is 0. The highest BCUT2D eigenvalue weighted by Gasteiger charge is 2.27. The molecular weight excluding hydrogens is 312 g/mol. The first kappa shape index (κ1) is 16.0. The van der Waals surface area contributed by atoms with Crippen molar-refractivity contribution in [2.75, 3.05) is 25.0 Å². The van der Waals surface area contributed by atoms with Gasteiger partial charge < -0.3 is 9.47 Å². The fourth-order valence-electron chi connectivity index (χ4n) is 3.78. The zero-order chi connectivity index (χ0) is 17.2. The van der Waals surface area contributed by atoms with Crippen molar-refractivity contribution >= 4 is 16.9 Å². The molecule has 0 saturated carbocycles. The van der Waals surface area contributed by atoms with Gasteiger partial charge in [-0.05, 0) is 44.2 Å². The van der Waals surface area contributed by atoms with E-state index in [1.54, 1.807) is 6.20 Å². The van der Waals surface area contributed by atoms with Gasteiger partial charge in [0.25, 0.3) is 0 Å². The summed E-state index contributed by atoms with van der Waals surface area (Å²) in [5.74, 6) is 2.09. The lowest BCUT2D eigenvalue weighted by Gasteiger charge is -2.29. The minimum absolute atomic E-state index is 0.483. The number of benzene rings is 1. The van der Waals surface area contributed by atoms with E-state index in [2.05, 4.69) is 62.9 Å². The van der Waals surface area contributed by atoms with E-state index in [0.29, 0.717) is 6.04 Å². The molecule has 1 aliphatic rings. The first-order chi connectivity index (χ1) is 12.2. The smallest absolute Gasteiger partial charge is 0.151 e. The quantitative estimate of drug-likeness (QED) is 0.716. The molecule has 6 heteroatoms. The van der Waals surface area contributed by atoms with Gasteiger partial charge >= 0.3 is 0 Å². The highest BCUT2D eigenvalue weighted by atomic mass is 15.3. The van der Waals surface area contributed by atoms with Gasteiger partial charge in [-0.2, -0.15) is 5.10 Å². The van der Waals surface area contributed by atoms with E-state index in [1.807, 2.05) is 12.1 Å². The van der Waals surface area contributed by atoms with E-state index < -0.39 is 0 Å². The maximum atomic E-state index is 4.79. The zero-order valence-electron chi connectivity index (χ0n) is 14.8. The average Bonchev–Trinajstić information content (AvgIpc) is 3.21. The normalized spacial score (nSPS) is 17.7. The first-order valence-electron chi connectivity index (χ1n) is 8.85. The van der Waals surface area contributed by atoms with Crippen molar-refractivity contribution in [1.82, 2.24) is 24.6 Å². The van der Waals surface area contributed by atoms with Crippen LogP contribution in [0.15, 0.2) is 42.6 Å². The molecule has 0 bridgehead atoms. The lowest BCUT2D eigenvalue weighted by atomic mass is 10.2. The van der Waals surface area contributed by atoms with Gasteiger partial charge in [-0.25, -0.2) is 4.98 Å². The van der Waals surface area contributed by atoms with Gasteiger partial charge in [-0.3, -0.25) is 4.90 Å². The molecule has 0 aliphatic carbocycles. The van der Waals surface area contributed by atoms with E-state index in [-0.39, 0.29) is 0 Å². The monoisotopic (exact) mass is 336 g/mol. The molecule has 2 aromatic heterocycles. The molecule has 25 heavy (non-hydrogen) atoms. The summed E-state index contributed by atoms with van der Waals surface area (Å²) in [7, 11) is 4.27. The summed E-state index contributed by atoms with van der Waals surface area (Å²) in [6.07, 6.45) is 4.14. The number of anilines is 1. The van der Waals surface area contributed by atoms with Crippen LogP contribution in [0.25, 0.3) is 11.0 Å². The van der Waals surface area contributed by atoms with Crippen LogP contribution in [-0.2, 0) is 13.6 Å². The Morgan fingerprint density at radius 3 is 2.88 bits per heavy atom. The van der Waals surface area contributed by atoms with Gasteiger partial charge in [-0.1, -0.05) is 12.1 Å². The molecular formula is C19H24N6. The van der Waals surface area contributed by atoms with Crippen molar-refractivity contribution in [2.45, 2.75) is 25.4 Å². The van der Waals surface area contributed by atoms with E-state index in [0.717, 1.165) is 36.8 Å². The molecule has 130 valence electrons.